The van der Waals surface area contributed by atoms with Gasteiger partial charge in [-0.15, -0.1) is 11.3 Å². The van der Waals surface area contributed by atoms with Crippen molar-refractivity contribution in [3.05, 3.63) is 14.7 Å². The monoisotopic (exact) mass is 393 g/mol. The van der Waals surface area contributed by atoms with Crippen LogP contribution < -0.4 is 5.73 Å². The molecule has 21 heavy (non-hydrogen) atoms. The zero-order valence-electron chi connectivity index (χ0n) is 12.0. The summed E-state index contributed by atoms with van der Waals surface area (Å²) in [6.07, 6.45) is 3.19. The van der Waals surface area contributed by atoms with Crippen molar-refractivity contribution in [2.75, 3.05) is 20.1 Å². The first-order valence-electron chi connectivity index (χ1n) is 7.14. The molecule has 2 fully saturated rings. The van der Waals surface area contributed by atoms with Crippen molar-refractivity contribution in [3.8, 4) is 0 Å². The Bertz CT molecular complexity index is 631. The molecule has 2 atom stereocenters. The van der Waals surface area contributed by atoms with Crippen LogP contribution in [0.4, 0.5) is 0 Å². The van der Waals surface area contributed by atoms with Gasteiger partial charge in [0.15, 0.2) is 0 Å². The van der Waals surface area contributed by atoms with Gasteiger partial charge in [0.05, 0.1) is 3.79 Å². The number of rotatable bonds is 3. The van der Waals surface area contributed by atoms with Crippen LogP contribution in [0.25, 0.3) is 0 Å². The number of thiophene rings is 1. The lowest BCUT2D eigenvalue weighted by Crippen LogP contribution is -2.39. The Morgan fingerprint density at radius 3 is 2.76 bits per heavy atom. The molecule has 1 aromatic heterocycles. The summed E-state index contributed by atoms with van der Waals surface area (Å²) in [7, 11) is -1.32. The second-order valence-electron chi connectivity index (χ2n) is 5.76. The van der Waals surface area contributed by atoms with E-state index in [0.717, 1.165) is 17.7 Å². The molecule has 3 heterocycles. The second-order valence-corrected chi connectivity index (χ2v) is 10.1. The van der Waals surface area contributed by atoms with Gasteiger partial charge in [-0.1, -0.05) is 0 Å². The molecule has 1 aromatic rings. The Kier molecular flexibility index (Phi) is 4.46. The normalized spacial score (nSPS) is 28.0. The van der Waals surface area contributed by atoms with Crippen LogP contribution in [0.3, 0.4) is 0 Å². The largest absolute Gasteiger partial charge is 0.326 e. The summed E-state index contributed by atoms with van der Waals surface area (Å²) in [5.41, 5.74) is 5.62. The van der Waals surface area contributed by atoms with Gasteiger partial charge >= 0.3 is 0 Å². The minimum absolute atomic E-state index is 0.346. The summed E-state index contributed by atoms with van der Waals surface area (Å²) in [6.45, 7) is 1.57. The van der Waals surface area contributed by atoms with Gasteiger partial charge in [0.1, 0.15) is 4.90 Å². The maximum absolute atomic E-state index is 12.9. The summed E-state index contributed by atoms with van der Waals surface area (Å²) in [5.74, 6) is 0. The van der Waals surface area contributed by atoms with Crippen LogP contribution in [0.1, 0.15) is 24.1 Å². The van der Waals surface area contributed by atoms with E-state index in [1.165, 1.54) is 17.8 Å². The van der Waals surface area contributed by atoms with E-state index in [1.807, 2.05) is 0 Å². The lowest BCUT2D eigenvalue weighted by Gasteiger charge is -2.25. The Morgan fingerprint density at radius 2 is 2.10 bits per heavy atom. The molecule has 2 aliphatic heterocycles. The van der Waals surface area contributed by atoms with Gasteiger partial charge < -0.3 is 5.73 Å². The quantitative estimate of drug-likeness (QED) is 0.850. The van der Waals surface area contributed by atoms with Crippen LogP contribution in [0.5, 0.6) is 0 Å². The van der Waals surface area contributed by atoms with Crippen LogP contribution in [0, 0.1) is 0 Å². The summed E-state index contributed by atoms with van der Waals surface area (Å²) in [5, 5.41) is 0. The van der Waals surface area contributed by atoms with E-state index in [0.29, 0.717) is 40.4 Å². The fourth-order valence-corrected chi connectivity index (χ4v) is 7.31. The van der Waals surface area contributed by atoms with Crippen molar-refractivity contribution < 1.29 is 8.42 Å². The molecule has 5 nitrogen and oxygen atoms in total. The molecule has 2 N–H and O–H groups in total. The van der Waals surface area contributed by atoms with Crippen molar-refractivity contribution in [2.45, 2.75) is 42.8 Å². The highest BCUT2D eigenvalue weighted by Crippen LogP contribution is 2.36. The molecule has 0 aromatic carbocycles. The van der Waals surface area contributed by atoms with E-state index >= 15 is 0 Å². The average molecular weight is 394 g/mol. The number of nitrogens with zero attached hydrogens (tertiary/aromatic N) is 2. The third-order valence-electron chi connectivity index (χ3n) is 4.64. The van der Waals surface area contributed by atoms with Crippen LogP contribution in [-0.2, 0) is 16.6 Å². The molecule has 0 radical (unpaired) electrons. The van der Waals surface area contributed by atoms with Crippen molar-refractivity contribution >= 4 is 37.3 Å². The number of halogens is 1. The molecule has 0 saturated carbocycles. The van der Waals surface area contributed by atoms with E-state index in [1.54, 1.807) is 10.4 Å². The van der Waals surface area contributed by atoms with Gasteiger partial charge in [0, 0.05) is 36.6 Å². The third-order valence-corrected chi connectivity index (χ3v) is 8.78. The van der Waals surface area contributed by atoms with Gasteiger partial charge in [0.2, 0.25) is 10.0 Å². The predicted molar refractivity (Wildman–Crippen MR) is 87.9 cm³/mol. The van der Waals surface area contributed by atoms with Gasteiger partial charge in [0.25, 0.3) is 0 Å². The molecule has 2 saturated heterocycles. The molecular formula is C13H20BrN3O2S2. The molecule has 0 spiro atoms. The fourth-order valence-electron chi connectivity index (χ4n) is 3.31. The highest BCUT2D eigenvalue weighted by Gasteiger charge is 2.39. The average Bonchev–Trinajstić information content (AvgIpc) is 2.90. The second kappa shape index (κ2) is 5.90. The molecule has 0 amide bonds. The van der Waals surface area contributed by atoms with Gasteiger partial charge in [-0.2, -0.15) is 4.31 Å². The molecule has 118 valence electrons. The standard InChI is InChI=1S/C13H20BrN3O2S2/c1-16-9-2-3-10(16)8-17(5-4-9)21(18,19)12-6-11(7-15)20-13(12)14/h6,9-10H,2-5,7-8,15H2,1H3. The number of sulfonamides is 1. The summed E-state index contributed by atoms with van der Waals surface area (Å²) < 4.78 is 28.1. The van der Waals surface area contributed by atoms with Gasteiger partial charge in [-0.25, -0.2) is 8.42 Å². The summed E-state index contributed by atoms with van der Waals surface area (Å²) >= 11 is 4.78. The Hall–Kier alpha value is 0.01000. The number of likely N-dealkylation sites (N-methyl/N-ethyl adjacent to an activating group) is 1. The maximum atomic E-state index is 12.9. The van der Waals surface area contributed by atoms with Crippen LogP contribution in [0.2, 0.25) is 0 Å². The van der Waals surface area contributed by atoms with Crippen molar-refractivity contribution in [2.24, 2.45) is 5.73 Å². The van der Waals surface area contributed by atoms with Crippen molar-refractivity contribution in [1.29, 1.82) is 0 Å². The SMILES string of the molecule is CN1C2CCC1CN(S(=O)(=O)c1cc(CN)sc1Br)CC2. The first-order valence-corrected chi connectivity index (χ1v) is 10.2. The van der Waals surface area contributed by atoms with Crippen molar-refractivity contribution in [3.63, 3.8) is 0 Å². The zero-order chi connectivity index (χ0) is 15.2. The predicted octanol–water partition coefficient (Wildman–Crippen LogP) is 1.83. The number of hydrogen-bond donors (Lipinski definition) is 1. The molecule has 8 heteroatoms. The molecule has 3 rings (SSSR count). The number of fused-ring (bicyclic) bond motifs is 2. The van der Waals surface area contributed by atoms with Crippen LogP contribution >= 0.6 is 27.3 Å². The lowest BCUT2D eigenvalue weighted by molar-refractivity contribution is 0.246. The Balaban J connectivity index is 1.89. The minimum atomic E-state index is -3.44. The van der Waals surface area contributed by atoms with E-state index < -0.39 is 10.0 Å². The highest BCUT2D eigenvalue weighted by molar-refractivity contribution is 9.11. The zero-order valence-corrected chi connectivity index (χ0v) is 15.2. The van der Waals surface area contributed by atoms with Crippen LogP contribution in [-0.4, -0.2) is 49.8 Å². The molecule has 2 aliphatic rings. The van der Waals surface area contributed by atoms with Gasteiger partial charge in [-0.05, 0) is 48.3 Å². The molecule has 2 unspecified atom stereocenters. The molecule has 0 aliphatic carbocycles. The molecular weight excluding hydrogens is 374 g/mol. The molecule has 2 bridgehead atoms. The Morgan fingerprint density at radius 1 is 1.38 bits per heavy atom. The summed E-state index contributed by atoms with van der Waals surface area (Å²) in [6, 6.07) is 2.58. The van der Waals surface area contributed by atoms with E-state index in [4.69, 9.17) is 5.73 Å². The van der Waals surface area contributed by atoms with E-state index in [2.05, 4.69) is 27.9 Å². The first-order chi connectivity index (χ1) is 9.93. The van der Waals surface area contributed by atoms with Crippen molar-refractivity contribution in [1.82, 2.24) is 9.21 Å². The minimum Gasteiger partial charge on any atom is -0.326 e. The van der Waals surface area contributed by atoms with Crippen LogP contribution in [0.15, 0.2) is 14.7 Å². The topological polar surface area (TPSA) is 66.6 Å². The van der Waals surface area contributed by atoms with E-state index in [-0.39, 0.29) is 0 Å². The Labute approximate surface area is 138 Å². The number of hydrogen-bond acceptors (Lipinski definition) is 5. The smallest absolute Gasteiger partial charge is 0.245 e. The highest BCUT2D eigenvalue weighted by atomic mass is 79.9. The fraction of sp³-hybridized carbons (Fsp3) is 0.692. The lowest BCUT2D eigenvalue weighted by atomic mass is 10.1. The maximum Gasteiger partial charge on any atom is 0.245 e. The summed E-state index contributed by atoms with van der Waals surface area (Å²) in [4.78, 5) is 3.60. The first kappa shape index (κ1) is 15.9. The third kappa shape index (κ3) is 2.82. The number of nitrogens with two attached hydrogens (primary N) is 1. The van der Waals surface area contributed by atoms with Gasteiger partial charge in [-0.3, -0.25) is 4.90 Å². The van der Waals surface area contributed by atoms with E-state index in [9.17, 15) is 8.42 Å².